The van der Waals surface area contributed by atoms with E-state index < -0.39 is 0 Å². The number of nitrogens with zero attached hydrogens (tertiary/aromatic N) is 3. The SMILES string of the molecule is COc1ccc2nc(C(=O)N3CCN(CCc4ccccc4)CC3)ccc2c1. The molecule has 2 aromatic carbocycles. The first-order valence-corrected chi connectivity index (χ1v) is 9.73. The van der Waals surface area contributed by atoms with Crippen molar-refractivity contribution in [2.45, 2.75) is 6.42 Å². The number of fused-ring (bicyclic) bond motifs is 1. The Kier molecular flexibility index (Phi) is 5.53. The highest BCUT2D eigenvalue weighted by Crippen LogP contribution is 2.20. The van der Waals surface area contributed by atoms with Crippen molar-refractivity contribution in [1.29, 1.82) is 0 Å². The van der Waals surface area contributed by atoms with Crippen LogP contribution in [0.4, 0.5) is 0 Å². The zero-order valence-electron chi connectivity index (χ0n) is 16.2. The number of carbonyl (C=O) groups is 1. The number of rotatable bonds is 5. The normalized spacial score (nSPS) is 15.0. The molecule has 0 atom stereocenters. The Labute approximate surface area is 165 Å². The van der Waals surface area contributed by atoms with Crippen LogP contribution in [0, 0.1) is 0 Å². The lowest BCUT2D eigenvalue weighted by Crippen LogP contribution is -2.49. The highest BCUT2D eigenvalue weighted by Gasteiger charge is 2.23. The van der Waals surface area contributed by atoms with Crippen LogP contribution in [0.15, 0.2) is 60.7 Å². The van der Waals surface area contributed by atoms with Crippen molar-refractivity contribution in [2.24, 2.45) is 0 Å². The molecule has 1 aliphatic rings. The van der Waals surface area contributed by atoms with Gasteiger partial charge in [0.25, 0.3) is 5.91 Å². The Bertz CT molecular complexity index is 950. The van der Waals surface area contributed by atoms with Gasteiger partial charge in [-0.3, -0.25) is 9.69 Å². The number of amides is 1. The molecule has 1 saturated heterocycles. The highest BCUT2D eigenvalue weighted by atomic mass is 16.5. The van der Waals surface area contributed by atoms with Crippen molar-refractivity contribution >= 4 is 16.8 Å². The number of piperazine rings is 1. The molecule has 5 nitrogen and oxygen atoms in total. The molecule has 144 valence electrons. The summed E-state index contributed by atoms with van der Waals surface area (Å²) >= 11 is 0. The second kappa shape index (κ2) is 8.40. The summed E-state index contributed by atoms with van der Waals surface area (Å²) in [5.41, 5.74) is 2.68. The minimum absolute atomic E-state index is 0.0143. The molecule has 0 unspecified atom stereocenters. The standard InChI is InChI=1S/C23H25N3O2/c1-28-20-8-10-21-19(17-20)7-9-22(24-21)23(27)26-15-13-25(14-16-26)12-11-18-5-3-2-4-6-18/h2-10,17H,11-16H2,1H3. The fourth-order valence-corrected chi connectivity index (χ4v) is 3.62. The van der Waals surface area contributed by atoms with Crippen molar-refractivity contribution in [3.63, 3.8) is 0 Å². The third-order valence-corrected chi connectivity index (χ3v) is 5.33. The first-order chi connectivity index (χ1) is 13.7. The monoisotopic (exact) mass is 375 g/mol. The predicted octanol–water partition coefficient (Wildman–Crippen LogP) is 3.24. The van der Waals surface area contributed by atoms with Crippen LogP contribution in [-0.4, -0.2) is 60.5 Å². The molecule has 3 aromatic rings. The molecule has 1 fully saturated rings. The van der Waals surface area contributed by atoms with Gasteiger partial charge in [0.05, 0.1) is 12.6 Å². The molecule has 2 heterocycles. The topological polar surface area (TPSA) is 45.7 Å². The van der Waals surface area contributed by atoms with E-state index in [1.165, 1.54) is 5.56 Å². The largest absolute Gasteiger partial charge is 0.497 e. The van der Waals surface area contributed by atoms with E-state index in [0.717, 1.165) is 55.8 Å². The molecule has 4 rings (SSSR count). The minimum Gasteiger partial charge on any atom is -0.497 e. The Balaban J connectivity index is 1.35. The summed E-state index contributed by atoms with van der Waals surface area (Å²) in [5, 5.41) is 0.974. The fraction of sp³-hybridized carbons (Fsp3) is 0.304. The molecule has 0 bridgehead atoms. The van der Waals surface area contributed by atoms with Crippen molar-refractivity contribution < 1.29 is 9.53 Å². The molecule has 5 heteroatoms. The summed E-state index contributed by atoms with van der Waals surface area (Å²) in [6.45, 7) is 4.33. The maximum atomic E-state index is 12.9. The van der Waals surface area contributed by atoms with Gasteiger partial charge in [-0.1, -0.05) is 36.4 Å². The molecular formula is C23H25N3O2. The van der Waals surface area contributed by atoms with E-state index in [0.29, 0.717) is 5.69 Å². The van der Waals surface area contributed by atoms with Gasteiger partial charge in [-0.15, -0.1) is 0 Å². The lowest BCUT2D eigenvalue weighted by Gasteiger charge is -2.34. The first kappa shape index (κ1) is 18.4. The zero-order chi connectivity index (χ0) is 19.3. The van der Waals surface area contributed by atoms with Gasteiger partial charge in [0.2, 0.25) is 0 Å². The van der Waals surface area contributed by atoms with Crippen LogP contribution in [0.2, 0.25) is 0 Å². The van der Waals surface area contributed by atoms with Crippen LogP contribution in [-0.2, 0) is 6.42 Å². The number of hydrogen-bond donors (Lipinski definition) is 0. The predicted molar refractivity (Wildman–Crippen MR) is 111 cm³/mol. The summed E-state index contributed by atoms with van der Waals surface area (Å²) in [4.78, 5) is 21.8. The summed E-state index contributed by atoms with van der Waals surface area (Å²) in [6.07, 6.45) is 1.05. The number of pyridine rings is 1. The van der Waals surface area contributed by atoms with E-state index in [2.05, 4.69) is 34.1 Å². The molecular weight excluding hydrogens is 350 g/mol. The van der Waals surface area contributed by atoms with Gasteiger partial charge in [-0.25, -0.2) is 4.98 Å². The van der Waals surface area contributed by atoms with E-state index in [1.807, 2.05) is 41.3 Å². The summed E-state index contributed by atoms with van der Waals surface area (Å²) < 4.78 is 5.25. The van der Waals surface area contributed by atoms with Gasteiger partial charge < -0.3 is 9.64 Å². The van der Waals surface area contributed by atoms with E-state index in [1.54, 1.807) is 7.11 Å². The summed E-state index contributed by atoms with van der Waals surface area (Å²) in [6, 6.07) is 20.0. The lowest BCUT2D eigenvalue weighted by molar-refractivity contribution is 0.0633. The van der Waals surface area contributed by atoms with Gasteiger partial charge >= 0.3 is 0 Å². The fourth-order valence-electron chi connectivity index (χ4n) is 3.62. The van der Waals surface area contributed by atoms with Gasteiger partial charge in [0, 0.05) is 38.1 Å². The van der Waals surface area contributed by atoms with Crippen LogP contribution >= 0.6 is 0 Å². The molecule has 1 aliphatic heterocycles. The Morgan fingerprint density at radius 1 is 1.00 bits per heavy atom. The Morgan fingerprint density at radius 2 is 1.79 bits per heavy atom. The van der Waals surface area contributed by atoms with Crippen LogP contribution in [0.5, 0.6) is 5.75 Å². The highest BCUT2D eigenvalue weighted by molar-refractivity contribution is 5.95. The Hall–Kier alpha value is -2.92. The number of hydrogen-bond acceptors (Lipinski definition) is 4. The van der Waals surface area contributed by atoms with Crippen molar-refractivity contribution in [1.82, 2.24) is 14.8 Å². The van der Waals surface area contributed by atoms with E-state index in [-0.39, 0.29) is 5.91 Å². The maximum Gasteiger partial charge on any atom is 0.272 e. The van der Waals surface area contributed by atoms with Crippen LogP contribution in [0.1, 0.15) is 16.1 Å². The molecule has 0 saturated carbocycles. The quantitative estimate of drug-likeness (QED) is 0.687. The van der Waals surface area contributed by atoms with Crippen molar-refractivity contribution in [3.05, 3.63) is 71.9 Å². The molecule has 1 amide bonds. The molecule has 0 radical (unpaired) electrons. The van der Waals surface area contributed by atoms with Gasteiger partial charge in [-0.2, -0.15) is 0 Å². The maximum absolute atomic E-state index is 12.9. The second-order valence-electron chi connectivity index (χ2n) is 7.12. The first-order valence-electron chi connectivity index (χ1n) is 9.73. The van der Waals surface area contributed by atoms with Crippen molar-refractivity contribution in [3.8, 4) is 5.75 Å². The van der Waals surface area contributed by atoms with E-state index in [9.17, 15) is 4.79 Å². The van der Waals surface area contributed by atoms with Crippen LogP contribution in [0.25, 0.3) is 10.9 Å². The van der Waals surface area contributed by atoms with E-state index in [4.69, 9.17) is 4.74 Å². The number of ether oxygens (including phenoxy) is 1. The average molecular weight is 375 g/mol. The van der Waals surface area contributed by atoms with Crippen molar-refractivity contribution in [2.75, 3.05) is 39.8 Å². The van der Waals surface area contributed by atoms with Crippen LogP contribution < -0.4 is 4.74 Å². The Morgan fingerprint density at radius 3 is 2.54 bits per heavy atom. The molecule has 0 spiro atoms. The minimum atomic E-state index is 0.0143. The third kappa shape index (κ3) is 4.15. The van der Waals surface area contributed by atoms with E-state index >= 15 is 0 Å². The number of benzene rings is 2. The zero-order valence-corrected chi connectivity index (χ0v) is 16.2. The smallest absolute Gasteiger partial charge is 0.272 e. The molecule has 0 N–H and O–H groups in total. The number of aromatic nitrogens is 1. The summed E-state index contributed by atoms with van der Waals surface area (Å²) in [7, 11) is 1.64. The van der Waals surface area contributed by atoms with Gasteiger partial charge in [0.1, 0.15) is 11.4 Å². The third-order valence-electron chi connectivity index (χ3n) is 5.33. The number of carbonyl (C=O) groups excluding carboxylic acids is 1. The van der Waals surface area contributed by atoms with Crippen LogP contribution in [0.3, 0.4) is 0 Å². The number of methoxy groups -OCH3 is 1. The molecule has 0 aliphatic carbocycles. The van der Waals surface area contributed by atoms with Gasteiger partial charge in [0.15, 0.2) is 0 Å². The second-order valence-corrected chi connectivity index (χ2v) is 7.12. The molecule has 1 aromatic heterocycles. The molecule has 28 heavy (non-hydrogen) atoms. The lowest BCUT2D eigenvalue weighted by atomic mass is 10.1. The summed E-state index contributed by atoms with van der Waals surface area (Å²) in [5.74, 6) is 0.806. The van der Waals surface area contributed by atoms with Gasteiger partial charge in [-0.05, 0) is 36.2 Å². The average Bonchev–Trinajstić information content (AvgIpc) is 2.77.